The molecule has 2 aromatic heterocycles. The Hall–Kier alpha value is -3.18. The topological polar surface area (TPSA) is 55.1 Å². The Morgan fingerprint density at radius 2 is 1.96 bits per heavy atom. The molecule has 1 aliphatic heterocycles. The van der Waals surface area contributed by atoms with E-state index in [0.717, 1.165) is 39.3 Å². The van der Waals surface area contributed by atoms with Crippen LogP contribution >= 0.6 is 11.3 Å². The van der Waals surface area contributed by atoms with E-state index in [9.17, 15) is 9.90 Å². The first kappa shape index (κ1) is 16.0. The van der Waals surface area contributed by atoms with E-state index in [2.05, 4.69) is 0 Å². The normalized spacial score (nSPS) is 14.7. The lowest BCUT2D eigenvalue weighted by molar-refractivity contribution is 0.475. The molecule has 1 aliphatic rings. The van der Waals surface area contributed by atoms with Gasteiger partial charge in [-0.05, 0) is 41.3 Å². The van der Waals surface area contributed by atoms with Crippen LogP contribution in [-0.4, -0.2) is 14.7 Å². The van der Waals surface area contributed by atoms with Crippen LogP contribution in [0, 0.1) is 0 Å². The van der Waals surface area contributed by atoms with Gasteiger partial charge < -0.3 is 5.11 Å². The van der Waals surface area contributed by atoms with Gasteiger partial charge in [-0.3, -0.25) is 9.36 Å². The Labute approximate surface area is 159 Å². The van der Waals surface area contributed by atoms with E-state index in [1.54, 1.807) is 16.7 Å². The van der Waals surface area contributed by atoms with Crippen molar-refractivity contribution in [1.82, 2.24) is 9.55 Å². The average Bonchev–Trinajstić information content (AvgIpc) is 3.28. The van der Waals surface area contributed by atoms with Gasteiger partial charge in [0.15, 0.2) is 0 Å². The van der Waals surface area contributed by atoms with Gasteiger partial charge in [0.05, 0.1) is 5.39 Å². The molecule has 0 saturated carbocycles. The van der Waals surface area contributed by atoms with Crippen molar-refractivity contribution in [3.05, 3.63) is 81.7 Å². The first-order valence-electron chi connectivity index (χ1n) is 8.78. The number of fused-ring (bicyclic) bond motifs is 2. The fourth-order valence-electron chi connectivity index (χ4n) is 3.60. The third-order valence-electron chi connectivity index (χ3n) is 4.88. The first-order chi connectivity index (χ1) is 13.2. The maximum absolute atomic E-state index is 13.2. The summed E-state index contributed by atoms with van der Waals surface area (Å²) in [4.78, 5) is 18.8. The number of aromatic hydroxyl groups is 1. The van der Waals surface area contributed by atoms with Gasteiger partial charge in [0.1, 0.15) is 16.4 Å². The summed E-state index contributed by atoms with van der Waals surface area (Å²) in [7, 11) is 0. The number of nitrogens with zero attached hydrogens (tertiary/aromatic N) is 2. The number of allylic oxidation sites excluding steroid dienone is 1. The van der Waals surface area contributed by atoms with Crippen molar-refractivity contribution >= 4 is 33.2 Å². The molecule has 0 radical (unpaired) electrons. The van der Waals surface area contributed by atoms with Gasteiger partial charge in [0, 0.05) is 17.5 Å². The van der Waals surface area contributed by atoms with Crippen LogP contribution < -0.4 is 5.56 Å². The summed E-state index contributed by atoms with van der Waals surface area (Å²) < 4.78 is 1.77. The van der Waals surface area contributed by atoms with Gasteiger partial charge >= 0.3 is 0 Å². The molecule has 0 unspecified atom stereocenters. The molecule has 4 nitrogen and oxygen atoms in total. The molecule has 3 heterocycles. The lowest BCUT2D eigenvalue weighted by atomic mass is 10.1. The molecule has 2 aromatic carbocycles. The summed E-state index contributed by atoms with van der Waals surface area (Å²) >= 11 is 1.51. The summed E-state index contributed by atoms with van der Waals surface area (Å²) in [5.74, 6) is 0.964. The van der Waals surface area contributed by atoms with Crippen molar-refractivity contribution in [2.45, 2.75) is 13.0 Å². The number of rotatable bonds is 2. The molecule has 27 heavy (non-hydrogen) atoms. The number of hydrogen-bond acceptors (Lipinski definition) is 4. The fraction of sp³-hybridized carbons (Fsp3) is 0.0909. The van der Waals surface area contributed by atoms with E-state index < -0.39 is 0 Å². The van der Waals surface area contributed by atoms with Crippen molar-refractivity contribution in [1.29, 1.82) is 0 Å². The molecule has 5 rings (SSSR count). The maximum Gasteiger partial charge on any atom is 0.263 e. The number of aromatic nitrogens is 2. The number of phenolic OH excluding ortho intramolecular Hbond substituents is 1. The summed E-state index contributed by atoms with van der Waals surface area (Å²) in [5, 5.41) is 12.4. The fourth-order valence-corrected chi connectivity index (χ4v) is 4.54. The Kier molecular flexibility index (Phi) is 3.69. The summed E-state index contributed by atoms with van der Waals surface area (Å²) in [6.45, 7) is 0.631. The lowest BCUT2D eigenvalue weighted by Gasteiger charge is -2.05. The highest BCUT2D eigenvalue weighted by atomic mass is 32.1. The zero-order valence-corrected chi connectivity index (χ0v) is 15.2. The summed E-state index contributed by atoms with van der Waals surface area (Å²) in [6, 6.07) is 17.1. The minimum atomic E-state index is 0.0226. The number of thiophene rings is 1. The largest absolute Gasteiger partial charge is 0.508 e. The summed E-state index contributed by atoms with van der Waals surface area (Å²) in [5.41, 5.74) is 3.94. The highest BCUT2D eigenvalue weighted by Crippen LogP contribution is 2.34. The molecule has 132 valence electrons. The number of benzene rings is 2. The smallest absolute Gasteiger partial charge is 0.263 e. The molecule has 4 aromatic rings. The van der Waals surface area contributed by atoms with E-state index in [0.29, 0.717) is 11.9 Å². The predicted octanol–water partition coefficient (Wildman–Crippen LogP) is 4.77. The highest BCUT2D eigenvalue weighted by molar-refractivity contribution is 7.17. The van der Waals surface area contributed by atoms with Crippen LogP contribution in [0.15, 0.2) is 64.8 Å². The molecular formula is C22H16N2O2S. The minimum Gasteiger partial charge on any atom is -0.508 e. The van der Waals surface area contributed by atoms with Gasteiger partial charge in [-0.25, -0.2) is 4.98 Å². The van der Waals surface area contributed by atoms with Gasteiger partial charge in [0.25, 0.3) is 5.56 Å². The van der Waals surface area contributed by atoms with E-state index in [1.165, 1.54) is 11.3 Å². The zero-order valence-electron chi connectivity index (χ0n) is 14.4. The second kappa shape index (κ2) is 6.21. The molecule has 0 fully saturated rings. The van der Waals surface area contributed by atoms with Gasteiger partial charge in [-0.15, -0.1) is 11.3 Å². The monoisotopic (exact) mass is 372 g/mol. The average molecular weight is 372 g/mol. The minimum absolute atomic E-state index is 0.0226. The standard InChI is InChI=1S/C22H16N2O2S/c25-17-8-4-5-14(12-17)11-16-9-10-24-20(16)23-21-19(22(24)26)18(13-27-21)15-6-2-1-3-7-15/h1-8,11-13,25H,9-10H2. The van der Waals surface area contributed by atoms with Gasteiger partial charge in [-0.1, -0.05) is 42.5 Å². The van der Waals surface area contributed by atoms with Crippen LogP contribution in [0.1, 0.15) is 17.8 Å². The molecule has 0 spiro atoms. The van der Waals surface area contributed by atoms with Crippen LogP contribution in [0.4, 0.5) is 0 Å². The Bertz CT molecular complexity index is 1250. The highest BCUT2D eigenvalue weighted by Gasteiger charge is 2.23. The second-order valence-corrected chi connectivity index (χ2v) is 7.46. The zero-order chi connectivity index (χ0) is 18.4. The van der Waals surface area contributed by atoms with Crippen LogP contribution in [0.2, 0.25) is 0 Å². The molecular weight excluding hydrogens is 356 g/mol. The molecule has 0 amide bonds. The Balaban J connectivity index is 1.68. The number of hydrogen-bond donors (Lipinski definition) is 1. The molecule has 0 aliphatic carbocycles. The van der Waals surface area contributed by atoms with E-state index in [-0.39, 0.29) is 11.3 Å². The Morgan fingerprint density at radius 1 is 1.11 bits per heavy atom. The maximum atomic E-state index is 13.2. The molecule has 5 heteroatoms. The van der Waals surface area contributed by atoms with Crippen molar-refractivity contribution < 1.29 is 5.11 Å². The van der Waals surface area contributed by atoms with Crippen molar-refractivity contribution in [3.8, 4) is 16.9 Å². The third-order valence-corrected chi connectivity index (χ3v) is 5.75. The van der Waals surface area contributed by atoms with E-state index >= 15 is 0 Å². The SMILES string of the molecule is O=c1c2c(-c3ccccc3)csc2nc2n1CCC2=Cc1cccc(O)c1. The van der Waals surface area contributed by atoms with Gasteiger partial charge in [-0.2, -0.15) is 0 Å². The van der Waals surface area contributed by atoms with Crippen molar-refractivity contribution in [3.63, 3.8) is 0 Å². The summed E-state index contributed by atoms with van der Waals surface area (Å²) in [6.07, 6.45) is 2.76. The van der Waals surface area contributed by atoms with Crippen molar-refractivity contribution in [2.24, 2.45) is 0 Å². The molecule has 0 saturated heterocycles. The lowest BCUT2D eigenvalue weighted by Crippen LogP contribution is -2.20. The van der Waals surface area contributed by atoms with E-state index in [1.807, 2.05) is 53.9 Å². The van der Waals surface area contributed by atoms with Crippen LogP contribution in [0.3, 0.4) is 0 Å². The number of phenols is 1. The Morgan fingerprint density at radius 3 is 2.78 bits per heavy atom. The van der Waals surface area contributed by atoms with Gasteiger partial charge in [0.2, 0.25) is 0 Å². The quantitative estimate of drug-likeness (QED) is 0.551. The molecule has 1 N–H and O–H groups in total. The van der Waals surface area contributed by atoms with Crippen LogP contribution in [-0.2, 0) is 6.54 Å². The molecule has 0 bridgehead atoms. The molecule has 0 atom stereocenters. The van der Waals surface area contributed by atoms with Crippen LogP contribution in [0.5, 0.6) is 5.75 Å². The predicted molar refractivity (Wildman–Crippen MR) is 110 cm³/mol. The van der Waals surface area contributed by atoms with Crippen molar-refractivity contribution in [2.75, 3.05) is 0 Å². The van der Waals surface area contributed by atoms with E-state index in [4.69, 9.17) is 4.98 Å². The van der Waals surface area contributed by atoms with Crippen LogP contribution in [0.25, 0.3) is 33.0 Å². The third kappa shape index (κ3) is 2.67. The first-order valence-corrected chi connectivity index (χ1v) is 9.66. The second-order valence-electron chi connectivity index (χ2n) is 6.60.